The molecule has 1 aromatic carbocycles. The van der Waals surface area contributed by atoms with Gasteiger partial charge in [-0.1, -0.05) is 30.3 Å². The molecular formula is C13H19NO6S. The first kappa shape index (κ1) is 19.1. The van der Waals surface area contributed by atoms with E-state index in [4.69, 9.17) is 9.66 Å². The van der Waals surface area contributed by atoms with Crippen molar-refractivity contribution in [2.75, 3.05) is 20.4 Å². The SMILES string of the molecule is CN(C)C(=O)CC(C(=O)O)c1ccccc1.CS(=O)(=O)O. The predicted molar refractivity (Wildman–Crippen MR) is 77.6 cm³/mol. The van der Waals surface area contributed by atoms with Crippen LogP contribution in [0.15, 0.2) is 30.3 Å². The van der Waals surface area contributed by atoms with Crippen LogP contribution in [0, 0.1) is 0 Å². The third kappa shape index (κ3) is 9.58. The molecule has 0 aromatic heterocycles. The van der Waals surface area contributed by atoms with Crippen LogP contribution < -0.4 is 0 Å². The van der Waals surface area contributed by atoms with Gasteiger partial charge in [0, 0.05) is 20.5 Å². The first-order chi connectivity index (χ1) is 9.52. The van der Waals surface area contributed by atoms with Crippen molar-refractivity contribution >= 4 is 22.0 Å². The van der Waals surface area contributed by atoms with Gasteiger partial charge >= 0.3 is 5.97 Å². The highest BCUT2D eigenvalue weighted by molar-refractivity contribution is 7.85. The van der Waals surface area contributed by atoms with Crippen LogP contribution in [-0.2, 0) is 19.7 Å². The number of hydrogen-bond donors (Lipinski definition) is 2. The lowest BCUT2D eigenvalue weighted by Crippen LogP contribution is -2.26. The molecule has 2 N–H and O–H groups in total. The number of benzene rings is 1. The van der Waals surface area contributed by atoms with Gasteiger partial charge < -0.3 is 10.0 Å². The summed E-state index contributed by atoms with van der Waals surface area (Å²) in [5, 5.41) is 9.09. The Hall–Kier alpha value is -1.93. The molecule has 1 unspecified atom stereocenters. The van der Waals surface area contributed by atoms with Crippen LogP contribution in [0.2, 0.25) is 0 Å². The van der Waals surface area contributed by atoms with Crippen LogP contribution in [0.3, 0.4) is 0 Å². The molecule has 118 valence electrons. The lowest BCUT2D eigenvalue weighted by atomic mass is 9.95. The third-order valence-corrected chi connectivity index (χ3v) is 2.38. The molecule has 0 aliphatic heterocycles. The third-order valence-electron chi connectivity index (χ3n) is 2.38. The first-order valence-electron chi connectivity index (χ1n) is 5.92. The molecule has 0 fully saturated rings. The molecule has 0 aliphatic rings. The fourth-order valence-electron chi connectivity index (χ4n) is 1.39. The number of hydrogen-bond acceptors (Lipinski definition) is 4. The summed E-state index contributed by atoms with van der Waals surface area (Å²) in [5.41, 5.74) is 0.658. The van der Waals surface area contributed by atoms with Crippen molar-refractivity contribution in [1.29, 1.82) is 0 Å². The number of nitrogens with zero attached hydrogens (tertiary/aromatic N) is 1. The summed E-state index contributed by atoms with van der Waals surface area (Å²) in [4.78, 5) is 24.0. The van der Waals surface area contributed by atoms with E-state index >= 15 is 0 Å². The van der Waals surface area contributed by atoms with E-state index in [1.165, 1.54) is 4.90 Å². The highest BCUT2D eigenvalue weighted by atomic mass is 32.2. The maximum Gasteiger partial charge on any atom is 0.311 e. The van der Waals surface area contributed by atoms with Gasteiger partial charge in [0.1, 0.15) is 0 Å². The minimum absolute atomic E-state index is 0.00759. The molecule has 8 heteroatoms. The maximum atomic E-state index is 11.5. The average molecular weight is 317 g/mol. The lowest BCUT2D eigenvalue weighted by Gasteiger charge is -2.15. The van der Waals surface area contributed by atoms with Crippen molar-refractivity contribution in [3.63, 3.8) is 0 Å². The van der Waals surface area contributed by atoms with Crippen molar-refractivity contribution in [2.24, 2.45) is 0 Å². The van der Waals surface area contributed by atoms with E-state index in [9.17, 15) is 18.0 Å². The molecule has 1 aromatic rings. The topological polar surface area (TPSA) is 112 Å². The minimum Gasteiger partial charge on any atom is -0.481 e. The summed E-state index contributed by atoms with van der Waals surface area (Å²) in [5.74, 6) is -1.92. The van der Waals surface area contributed by atoms with E-state index in [0.29, 0.717) is 11.8 Å². The standard InChI is InChI=1S/C12H15NO3.CH4O3S/c1-13(2)11(14)8-10(12(15)16)9-6-4-3-5-7-9;1-5(2,3)4/h3-7,10H,8H2,1-2H3,(H,15,16);1H3,(H,2,3,4). The summed E-state index contributed by atoms with van der Waals surface area (Å²) in [6, 6.07) is 8.80. The second kappa shape index (κ2) is 8.38. The van der Waals surface area contributed by atoms with Gasteiger partial charge in [0.05, 0.1) is 12.2 Å². The highest BCUT2D eigenvalue weighted by Crippen LogP contribution is 2.20. The van der Waals surface area contributed by atoms with Crippen molar-refractivity contribution in [3.05, 3.63) is 35.9 Å². The summed E-state index contributed by atoms with van der Waals surface area (Å²) in [6.07, 6.45) is 0.708. The van der Waals surface area contributed by atoms with E-state index in [-0.39, 0.29) is 12.3 Å². The van der Waals surface area contributed by atoms with Crippen molar-refractivity contribution in [3.8, 4) is 0 Å². The number of amides is 1. The largest absolute Gasteiger partial charge is 0.481 e. The Bertz CT molecular complexity index is 560. The number of carboxylic acid groups (broad SMARTS) is 1. The molecule has 0 spiro atoms. The Morgan fingerprint density at radius 3 is 1.95 bits per heavy atom. The Labute approximate surface area is 123 Å². The van der Waals surface area contributed by atoms with E-state index < -0.39 is 22.0 Å². The molecule has 1 rings (SSSR count). The van der Waals surface area contributed by atoms with Crippen LogP contribution in [-0.4, -0.2) is 55.2 Å². The highest BCUT2D eigenvalue weighted by Gasteiger charge is 2.23. The molecule has 0 saturated heterocycles. The Balaban J connectivity index is 0.000000690. The molecule has 0 aliphatic carbocycles. The van der Waals surface area contributed by atoms with Gasteiger partial charge in [-0.15, -0.1) is 0 Å². The second-order valence-electron chi connectivity index (χ2n) is 4.53. The van der Waals surface area contributed by atoms with Gasteiger partial charge in [0.25, 0.3) is 10.1 Å². The zero-order chi connectivity index (χ0) is 16.6. The Morgan fingerprint density at radius 2 is 1.62 bits per heavy atom. The average Bonchev–Trinajstić information content (AvgIpc) is 2.34. The van der Waals surface area contributed by atoms with Gasteiger partial charge in [-0.2, -0.15) is 8.42 Å². The summed E-state index contributed by atoms with van der Waals surface area (Å²) < 4.78 is 25.9. The number of rotatable bonds is 4. The summed E-state index contributed by atoms with van der Waals surface area (Å²) >= 11 is 0. The fraction of sp³-hybridized carbons (Fsp3) is 0.385. The Morgan fingerprint density at radius 1 is 1.19 bits per heavy atom. The zero-order valence-electron chi connectivity index (χ0n) is 12.1. The van der Waals surface area contributed by atoms with E-state index in [2.05, 4.69) is 0 Å². The van der Waals surface area contributed by atoms with Crippen LogP contribution in [0.4, 0.5) is 0 Å². The zero-order valence-corrected chi connectivity index (χ0v) is 12.9. The van der Waals surface area contributed by atoms with Crippen LogP contribution in [0.25, 0.3) is 0 Å². The monoisotopic (exact) mass is 317 g/mol. The molecule has 1 amide bonds. The Kier molecular flexibility index (Phi) is 7.61. The van der Waals surface area contributed by atoms with Crippen LogP contribution in [0.5, 0.6) is 0 Å². The second-order valence-corrected chi connectivity index (χ2v) is 5.99. The quantitative estimate of drug-likeness (QED) is 0.796. The number of aliphatic carboxylic acids is 1. The lowest BCUT2D eigenvalue weighted by molar-refractivity contribution is -0.142. The number of carbonyl (C=O) groups is 2. The first-order valence-corrected chi connectivity index (χ1v) is 7.77. The molecule has 0 radical (unpaired) electrons. The van der Waals surface area contributed by atoms with E-state index in [0.717, 1.165) is 0 Å². The van der Waals surface area contributed by atoms with Crippen molar-refractivity contribution in [1.82, 2.24) is 4.90 Å². The van der Waals surface area contributed by atoms with Crippen molar-refractivity contribution in [2.45, 2.75) is 12.3 Å². The molecule has 7 nitrogen and oxygen atoms in total. The van der Waals surface area contributed by atoms with Gasteiger partial charge in [-0.05, 0) is 5.56 Å². The van der Waals surface area contributed by atoms with Crippen LogP contribution >= 0.6 is 0 Å². The molecular weight excluding hydrogens is 298 g/mol. The van der Waals surface area contributed by atoms with Crippen LogP contribution in [0.1, 0.15) is 17.9 Å². The summed E-state index contributed by atoms with van der Waals surface area (Å²) in [7, 11) is -0.432. The molecule has 0 saturated carbocycles. The smallest absolute Gasteiger partial charge is 0.311 e. The predicted octanol–water partition coefficient (Wildman–Crippen LogP) is 0.837. The van der Waals surface area contributed by atoms with E-state index in [1.807, 2.05) is 6.07 Å². The van der Waals surface area contributed by atoms with Gasteiger partial charge in [-0.25, -0.2) is 0 Å². The van der Waals surface area contributed by atoms with E-state index in [1.54, 1.807) is 38.4 Å². The molecule has 0 bridgehead atoms. The molecule has 0 heterocycles. The number of carbonyl (C=O) groups excluding carboxylic acids is 1. The molecule has 1 atom stereocenters. The fourth-order valence-corrected chi connectivity index (χ4v) is 1.39. The molecule has 21 heavy (non-hydrogen) atoms. The van der Waals surface area contributed by atoms with Gasteiger partial charge in [-0.3, -0.25) is 14.1 Å². The normalized spacial score (nSPS) is 11.8. The summed E-state index contributed by atoms with van der Waals surface area (Å²) in [6.45, 7) is 0. The van der Waals surface area contributed by atoms with Crippen molar-refractivity contribution < 1.29 is 27.7 Å². The minimum atomic E-state index is -3.67. The van der Waals surface area contributed by atoms with Gasteiger partial charge in [0.2, 0.25) is 5.91 Å². The maximum absolute atomic E-state index is 11.5. The number of carboxylic acids is 1. The van der Waals surface area contributed by atoms with Gasteiger partial charge in [0.15, 0.2) is 0 Å².